The standard InChI is InChI=1S/C17H19BrF3N3O2S/c1-24(2)8-5-9-25-16-13(10-12(18)11-22-16)23-27-15-7-4-3-6-14(15)26-17(19,20)21/h3-4,6-7,10-11,23H,5,8-9H2,1-2H3. The number of ether oxygens (including phenoxy) is 2. The quantitative estimate of drug-likeness (QED) is 0.406. The lowest BCUT2D eigenvalue weighted by molar-refractivity contribution is -0.275. The number of aromatic nitrogens is 1. The number of halogens is 4. The Morgan fingerprint density at radius 1 is 1.26 bits per heavy atom. The van der Waals surface area contributed by atoms with Gasteiger partial charge in [0.15, 0.2) is 0 Å². The average Bonchev–Trinajstić information content (AvgIpc) is 2.57. The minimum atomic E-state index is -4.76. The average molecular weight is 466 g/mol. The number of hydrogen-bond donors (Lipinski definition) is 1. The van der Waals surface area contributed by atoms with Crippen molar-refractivity contribution in [1.29, 1.82) is 0 Å². The van der Waals surface area contributed by atoms with Gasteiger partial charge in [-0.1, -0.05) is 12.1 Å². The molecule has 0 bridgehead atoms. The Bertz CT molecular complexity index is 748. The van der Waals surface area contributed by atoms with Gasteiger partial charge in [0.05, 0.1) is 11.5 Å². The summed E-state index contributed by atoms with van der Waals surface area (Å²) in [4.78, 5) is 6.55. The zero-order chi connectivity index (χ0) is 19.9. The first-order chi connectivity index (χ1) is 12.7. The van der Waals surface area contributed by atoms with E-state index in [-0.39, 0.29) is 10.6 Å². The van der Waals surface area contributed by atoms with E-state index in [2.05, 4.69) is 30.4 Å². The number of pyridine rings is 1. The predicted molar refractivity (Wildman–Crippen MR) is 103 cm³/mol. The number of hydrogen-bond acceptors (Lipinski definition) is 6. The normalized spacial score (nSPS) is 11.5. The first kappa shape index (κ1) is 21.6. The third kappa shape index (κ3) is 7.86. The number of benzene rings is 1. The summed E-state index contributed by atoms with van der Waals surface area (Å²) in [6.45, 7) is 1.34. The summed E-state index contributed by atoms with van der Waals surface area (Å²) in [6, 6.07) is 7.64. The molecule has 0 aliphatic heterocycles. The van der Waals surface area contributed by atoms with Crippen LogP contribution in [-0.2, 0) is 0 Å². The highest BCUT2D eigenvalue weighted by Crippen LogP contribution is 2.36. The van der Waals surface area contributed by atoms with Crippen molar-refractivity contribution in [3.63, 3.8) is 0 Å². The van der Waals surface area contributed by atoms with Gasteiger partial charge in [-0.2, -0.15) is 0 Å². The lowest BCUT2D eigenvalue weighted by Crippen LogP contribution is -2.17. The molecule has 10 heteroatoms. The van der Waals surface area contributed by atoms with Crippen LogP contribution >= 0.6 is 27.9 Å². The van der Waals surface area contributed by atoms with Crippen LogP contribution in [0.25, 0.3) is 0 Å². The van der Waals surface area contributed by atoms with Crippen molar-refractivity contribution < 1.29 is 22.6 Å². The highest BCUT2D eigenvalue weighted by molar-refractivity contribution is 9.10. The van der Waals surface area contributed by atoms with Crippen molar-refractivity contribution in [2.45, 2.75) is 17.7 Å². The molecule has 0 aliphatic carbocycles. The van der Waals surface area contributed by atoms with Crippen LogP contribution in [-0.4, -0.2) is 43.5 Å². The van der Waals surface area contributed by atoms with Crippen molar-refractivity contribution >= 4 is 33.6 Å². The van der Waals surface area contributed by atoms with Crippen LogP contribution in [0.3, 0.4) is 0 Å². The third-order valence-electron chi connectivity index (χ3n) is 3.15. The summed E-state index contributed by atoms with van der Waals surface area (Å²) >= 11 is 4.31. The van der Waals surface area contributed by atoms with Gasteiger partial charge in [0.25, 0.3) is 0 Å². The molecule has 1 N–H and O–H groups in total. The number of para-hydroxylation sites is 1. The van der Waals surface area contributed by atoms with Crippen LogP contribution in [0.4, 0.5) is 18.9 Å². The summed E-state index contributed by atoms with van der Waals surface area (Å²) in [5.41, 5.74) is 0.543. The van der Waals surface area contributed by atoms with Gasteiger partial charge in [-0.3, -0.25) is 0 Å². The molecule has 1 aromatic carbocycles. The molecule has 0 saturated heterocycles. The fourth-order valence-corrected chi connectivity index (χ4v) is 3.07. The Hall–Kier alpha value is -1.65. The molecule has 0 radical (unpaired) electrons. The van der Waals surface area contributed by atoms with E-state index in [0.717, 1.165) is 24.9 Å². The van der Waals surface area contributed by atoms with E-state index < -0.39 is 6.36 Å². The molecule has 1 aromatic heterocycles. The number of anilines is 1. The number of rotatable bonds is 9. The Labute approximate surface area is 168 Å². The van der Waals surface area contributed by atoms with Crippen molar-refractivity contribution in [3.05, 3.63) is 41.0 Å². The van der Waals surface area contributed by atoms with Gasteiger partial charge in [-0.25, -0.2) is 4.98 Å². The zero-order valence-electron chi connectivity index (χ0n) is 14.7. The van der Waals surface area contributed by atoms with Gasteiger partial charge in [0, 0.05) is 17.2 Å². The van der Waals surface area contributed by atoms with Gasteiger partial charge in [0.2, 0.25) is 5.88 Å². The van der Waals surface area contributed by atoms with Gasteiger partial charge < -0.3 is 19.1 Å². The van der Waals surface area contributed by atoms with Crippen LogP contribution in [0.15, 0.2) is 45.9 Å². The molecule has 0 spiro atoms. The summed E-state index contributed by atoms with van der Waals surface area (Å²) in [7, 11) is 3.95. The third-order valence-corrected chi connectivity index (χ3v) is 4.46. The molecule has 5 nitrogen and oxygen atoms in total. The van der Waals surface area contributed by atoms with Gasteiger partial charge in [0.1, 0.15) is 11.4 Å². The second kappa shape index (κ2) is 10.0. The molecule has 1 heterocycles. The lowest BCUT2D eigenvalue weighted by atomic mass is 10.3. The minimum absolute atomic E-state index is 0.279. The monoisotopic (exact) mass is 465 g/mol. The molecule has 0 saturated carbocycles. The van der Waals surface area contributed by atoms with E-state index in [4.69, 9.17) is 4.74 Å². The molecule has 27 heavy (non-hydrogen) atoms. The molecule has 2 rings (SSSR count). The van der Waals surface area contributed by atoms with E-state index in [1.54, 1.807) is 18.3 Å². The van der Waals surface area contributed by atoms with Crippen LogP contribution in [0.2, 0.25) is 0 Å². The van der Waals surface area contributed by atoms with E-state index in [0.29, 0.717) is 22.6 Å². The SMILES string of the molecule is CN(C)CCCOc1ncc(Br)cc1NSc1ccccc1OC(F)(F)F. The summed E-state index contributed by atoms with van der Waals surface area (Å²) in [5, 5.41) is 0. The molecule has 0 amide bonds. The number of alkyl halides is 3. The Kier molecular flexibility index (Phi) is 8.06. The van der Waals surface area contributed by atoms with Crippen molar-refractivity contribution in [1.82, 2.24) is 9.88 Å². The summed E-state index contributed by atoms with van der Waals surface area (Å²) < 4.78 is 51.1. The zero-order valence-corrected chi connectivity index (χ0v) is 17.1. The van der Waals surface area contributed by atoms with Gasteiger partial charge in [-0.05, 0) is 66.6 Å². The van der Waals surface area contributed by atoms with Crippen molar-refractivity contribution in [2.75, 3.05) is 32.0 Å². The maximum atomic E-state index is 12.5. The van der Waals surface area contributed by atoms with E-state index in [1.165, 1.54) is 18.2 Å². The van der Waals surface area contributed by atoms with E-state index in [1.807, 2.05) is 19.0 Å². The van der Waals surface area contributed by atoms with Gasteiger partial charge >= 0.3 is 6.36 Å². The summed E-state index contributed by atoms with van der Waals surface area (Å²) in [6.07, 6.45) is -2.34. The predicted octanol–water partition coefficient (Wildman–Crippen LogP) is 5.19. The second-order valence-electron chi connectivity index (χ2n) is 5.71. The number of nitrogens with zero attached hydrogens (tertiary/aromatic N) is 2. The maximum absolute atomic E-state index is 12.5. The molecule has 0 unspecified atom stereocenters. The molecular formula is C17H19BrF3N3O2S. The number of nitrogens with one attached hydrogen (secondary N) is 1. The van der Waals surface area contributed by atoms with E-state index >= 15 is 0 Å². The lowest BCUT2D eigenvalue weighted by Gasteiger charge is -2.15. The summed E-state index contributed by atoms with van der Waals surface area (Å²) in [5.74, 6) is 0.0950. The largest absolute Gasteiger partial charge is 0.573 e. The fourth-order valence-electron chi connectivity index (χ4n) is 2.02. The molecule has 0 atom stereocenters. The van der Waals surface area contributed by atoms with Crippen molar-refractivity contribution in [3.8, 4) is 11.6 Å². The second-order valence-corrected chi connectivity index (χ2v) is 7.47. The van der Waals surface area contributed by atoms with Crippen LogP contribution < -0.4 is 14.2 Å². The highest BCUT2D eigenvalue weighted by Gasteiger charge is 2.32. The molecule has 0 aliphatic rings. The minimum Gasteiger partial charge on any atom is -0.476 e. The topological polar surface area (TPSA) is 46.6 Å². The van der Waals surface area contributed by atoms with Crippen LogP contribution in [0.5, 0.6) is 11.6 Å². The van der Waals surface area contributed by atoms with E-state index in [9.17, 15) is 13.2 Å². The Morgan fingerprint density at radius 3 is 2.70 bits per heavy atom. The first-order valence-corrected chi connectivity index (χ1v) is 9.56. The maximum Gasteiger partial charge on any atom is 0.573 e. The molecule has 0 fully saturated rings. The van der Waals surface area contributed by atoms with Crippen LogP contribution in [0, 0.1) is 0 Å². The molecular weight excluding hydrogens is 447 g/mol. The Morgan fingerprint density at radius 2 is 2.00 bits per heavy atom. The van der Waals surface area contributed by atoms with Crippen molar-refractivity contribution in [2.24, 2.45) is 0 Å². The molecule has 2 aromatic rings. The smallest absolute Gasteiger partial charge is 0.476 e. The van der Waals surface area contributed by atoms with Crippen LogP contribution in [0.1, 0.15) is 6.42 Å². The highest BCUT2D eigenvalue weighted by atomic mass is 79.9. The molecule has 148 valence electrons. The first-order valence-electron chi connectivity index (χ1n) is 7.95. The van der Waals surface area contributed by atoms with Gasteiger partial charge in [-0.15, -0.1) is 13.2 Å². The fraction of sp³-hybridized carbons (Fsp3) is 0.353. The Balaban J connectivity index is 2.06.